The quantitative estimate of drug-likeness (QED) is 0.797. The Balaban J connectivity index is 1.70. The molecular weight excluding hydrogens is 336 g/mol. The summed E-state index contributed by atoms with van der Waals surface area (Å²) in [6.07, 6.45) is 1.44. The van der Waals surface area contributed by atoms with Crippen LogP contribution in [0.15, 0.2) is 40.1 Å². The summed E-state index contributed by atoms with van der Waals surface area (Å²) in [5.41, 5.74) is 1.04. The van der Waals surface area contributed by atoms with Crippen molar-refractivity contribution in [2.45, 2.75) is 18.8 Å². The van der Waals surface area contributed by atoms with Gasteiger partial charge in [-0.3, -0.25) is 19.0 Å². The van der Waals surface area contributed by atoms with Crippen molar-refractivity contribution in [3.8, 4) is 0 Å². The third-order valence-corrected chi connectivity index (χ3v) is 4.68. The van der Waals surface area contributed by atoms with Gasteiger partial charge in [0, 0.05) is 50.4 Å². The largest absolute Gasteiger partial charge is 0.355 e. The Morgan fingerprint density at radius 2 is 1.96 bits per heavy atom. The highest BCUT2D eigenvalue weighted by Gasteiger charge is 2.29. The number of carbonyl (C=O) groups excluding carboxylic acids is 2. The van der Waals surface area contributed by atoms with Crippen molar-refractivity contribution in [3.63, 3.8) is 0 Å². The minimum atomic E-state index is -0.527. The van der Waals surface area contributed by atoms with E-state index in [0.717, 1.165) is 15.8 Å². The topological polar surface area (TPSA) is 104 Å². The first-order chi connectivity index (χ1) is 12.4. The molecule has 0 bridgehead atoms. The second-order valence-electron chi connectivity index (χ2n) is 6.38. The van der Waals surface area contributed by atoms with Crippen molar-refractivity contribution in [2.75, 3.05) is 18.5 Å². The zero-order valence-corrected chi connectivity index (χ0v) is 14.6. The van der Waals surface area contributed by atoms with E-state index < -0.39 is 11.2 Å². The lowest BCUT2D eigenvalue weighted by atomic mass is 9.89. The van der Waals surface area contributed by atoms with Gasteiger partial charge < -0.3 is 15.2 Å². The molecule has 0 aliphatic carbocycles. The molecule has 0 unspecified atom stereocenters. The molecule has 2 aromatic rings. The molecule has 2 N–H and O–H groups in total. The third kappa shape index (κ3) is 3.30. The molecule has 1 aliphatic heterocycles. The van der Waals surface area contributed by atoms with Crippen LogP contribution in [0.5, 0.6) is 0 Å². The van der Waals surface area contributed by atoms with Crippen LogP contribution in [0.3, 0.4) is 0 Å². The Labute approximate surface area is 149 Å². The van der Waals surface area contributed by atoms with E-state index in [4.69, 9.17) is 0 Å². The summed E-state index contributed by atoms with van der Waals surface area (Å²) in [5.74, 6) is -0.451. The highest BCUT2D eigenvalue weighted by Crippen LogP contribution is 2.34. The lowest BCUT2D eigenvalue weighted by molar-refractivity contribution is -0.122. The van der Waals surface area contributed by atoms with Gasteiger partial charge in [-0.15, -0.1) is 0 Å². The monoisotopic (exact) mass is 356 g/mol. The number of fused-ring (bicyclic) bond motifs is 1. The van der Waals surface area contributed by atoms with E-state index in [1.807, 2.05) is 24.3 Å². The van der Waals surface area contributed by atoms with Crippen LogP contribution in [0.1, 0.15) is 23.5 Å². The Kier molecular flexibility index (Phi) is 4.75. The van der Waals surface area contributed by atoms with E-state index in [-0.39, 0.29) is 29.7 Å². The summed E-state index contributed by atoms with van der Waals surface area (Å²) in [6, 6.07) is 7.61. The molecule has 3 rings (SSSR count). The molecule has 2 amide bonds. The smallest absolute Gasteiger partial charge is 0.328 e. The van der Waals surface area contributed by atoms with Crippen LogP contribution in [0.2, 0.25) is 0 Å². The molecule has 1 aliphatic rings. The lowest BCUT2D eigenvalue weighted by Gasteiger charge is -2.31. The first-order valence-corrected chi connectivity index (χ1v) is 8.28. The van der Waals surface area contributed by atoms with Gasteiger partial charge in [0.2, 0.25) is 11.8 Å². The Morgan fingerprint density at radius 1 is 1.23 bits per heavy atom. The van der Waals surface area contributed by atoms with Crippen molar-refractivity contribution >= 4 is 17.5 Å². The molecule has 1 aromatic heterocycles. The number of nitrogens with one attached hydrogen (secondary N) is 2. The van der Waals surface area contributed by atoms with E-state index >= 15 is 0 Å². The molecule has 8 heteroatoms. The van der Waals surface area contributed by atoms with Crippen molar-refractivity contribution in [1.29, 1.82) is 0 Å². The summed E-state index contributed by atoms with van der Waals surface area (Å²) in [4.78, 5) is 51.8. The van der Waals surface area contributed by atoms with Crippen LogP contribution in [0.25, 0.3) is 0 Å². The number of anilines is 1. The average molecular weight is 356 g/mol. The maximum absolute atomic E-state index is 12.2. The maximum Gasteiger partial charge on any atom is 0.328 e. The van der Waals surface area contributed by atoms with Crippen molar-refractivity contribution in [3.05, 3.63) is 62.4 Å². The highest BCUT2D eigenvalue weighted by atomic mass is 16.2. The molecule has 0 saturated carbocycles. The average Bonchev–Trinajstić information content (AvgIpc) is 2.64. The van der Waals surface area contributed by atoms with Crippen molar-refractivity contribution < 1.29 is 9.59 Å². The minimum absolute atomic E-state index is 0.00236. The van der Waals surface area contributed by atoms with Crippen LogP contribution in [0, 0.1) is 0 Å². The molecule has 1 aromatic carbocycles. The van der Waals surface area contributed by atoms with E-state index in [2.05, 4.69) is 10.3 Å². The van der Waals surface area contributed by atoms with Crippen LogP contribution in [-0.2, 0) is 23.1 Å². The number of benzene rings is 1. The van der Waals surface area contributed by atoms with Crippen LogP contribution >= 0.6 is 0 Å². The molecule has 0 saturated heterocycles. The summed E-state index contributed by atoms with van der Waals surface area (Å²) in [5, 5.41) is 2.79. The Hall–Kier alpha value is -3.16. The number of carbonyl (C=O) groups is 2. The molecule has 8 nitrogen and oxygen atoms in total. The zero-order chi connectivity index (χ0) is 18.8. The third-order valence-electron chi connectivity index (χ3n) is 4.68. The van der Waals surface area contributed by atoms with Gasteiger partial charge in [0.25, 0.3) is 5.56 Å². The van der Waals surface area contributed by atoms with Crippen LogP contribution in [0.4, 0.5) is 5.69 Å². The normalized spacial score (nSPS) is 16.3. The zero-order valence-electron chi connectivity index (χ0n) is 14.6. The minimum Gasteiger partial charge on any atom is -0.355 e. The Morgan fingerprint density at radius 3 is 2.73 bits per heavy atom. The number of aromatic amines is 1. The van der Waals surface area contributed by atoms with Crippen LogP contribution < -0.4 is 21.5 Å². The molecule has 2 heterocycles. The Bertz CT molecular complexity index is 976. The fraction of sp³-hybridized carbons (Fsp3) is 0.333. The van der Waals surface area contributed by atoms with E-state index in [1.54, 1.807) is 11.9 Å². The van der Waals surface area contributed by atoms with Crippen molar-refractivity contribution in [1.82, 2.24) is 14.9 Å². The number of nitrogens with zero attached hydrogens (tertiary/aromatic N) is 2. The lowest BCUT2D eigenvalue weighted by Crippen LogP contribution is -2.39. The van der Waals surface area contributed by atoms with Gasteiger partial charge in [-0.2, -0.15) is 0 Å². The molecule has 136 valence electrons. The maximum atomic E-state index is 12.2. The predicted molar refractivity (Wildman–Crippen MR) is 96.2 cm³/mol. The number of aromatic nitrogens is 2. The summed E-state index contributed by atoms with van der Waals surface area (Å²) in [7, 11) is 3.09. The van der Waals surface area contributed by atoms with Gasteiger partial charge in [0.05, 0.1) is 6.42 Å². The molecule has 1 atom stereocenters. The van der Waals surface area contributed by atoms with Gasteiger partial charge >= 0.3 is 5.69 Å². The highest BCUT2D eigenvalue weighted by molar-refractivity contribution is 5.96. The standard InChI is InChI=1S/C18H20N4O4/c1-21-14-6-4-3-5-13(14)11(8-16(21)24)9-19-15(23)7-12-10-20-18(26)22(2)17(12)25/h3-6,10-11H,7-9H2,1-2H3,(H,19,23)(H,20,26)/t11-/m1/s1. The number of amides is 2. The van der Waals surface area contributed by atoms with Crippen molar-refractivity contribution in [2.24, 2.45) is 7.05 Å². The molecule has 0 radical (unpaired) electrons. The number of hydrogen-bond donors (Lipinski definition) is 2. The van der Waals surface area contributed by atoms with E-state index in [0.29, 0.717) is 13.0 Å². The second kappa shape index (κ2) is 6.99. The fourth-order valence-corrected chi connectivity index (χ4v) is 3.13. The van der Waals surface area contributed by atoms with Gasteiger partial charge in [0.15, 0.2) is 0 Å². The SMILES string of the molecule is CN1C(=O)C[C@H](CNC(=O)Cc2c[nH]c(=O)n(C)c2=O)c2ccccc21. The summed E-state index contributed by atoms with van der Waals surface area (Å²) < 4.78 is 0.925. The first kappa shape index (κ1) is 17.7. The van der Waals surface area contributed by atoms with Gasteiger partial charge in [0.1, 0.15) is 0 Å². The second-order valence-corrected chi connectivity index (χ2v) is 6.38. The molecule has 26 heavy (non-hydrogen) atoms. The molecule has 0 fully saturated rings. The summed E-state index contributed by atoms with van der Waals surface area (Å²) >= 11 is 0. The van der Waals surface area contributed by atoms with E-state index in [9.17, 15) is 19.2 Å². The number of hydrogen-bond acceptors (Lipinski definition) is 4. The van der Waals surface area contributed by atoms with E-state index in [1.165, 1.54) is 13.2 Å². The number of para-hydroxylation sites is 1. The van der Waals surface area contributed by atoms with Gasteiger partial charge in [-0.05, 0) is 11.6 Å². The number of H-pyrrole nitrogens is 1. The predicted octanol–water partition coefficient (Wildman–Crippen LogP) is -0.117. The molecular formula is C18H20N4O4. The first-order valence-electron chi connectivity index (χ1n) is 8.28. The number of rotatable bonds is 4. The fourth-order valence-electron chi connectivity index (χ4n) is 3.13. The summed E-state index contributed by atoms with van der Waals surface area (Å²) in [6.45, 7) is 0.305. The van der Waals surface area contributed by atoms with Crippen LogP contribution in [-0.4, -0.2) is 35.0 Å². The molecule has 0 spiro atoms. The van der Waals surface area contributed by atoms with Gasteiger partial charge in [-0.25, -0.2) is 4.79 Å². The van der Waals surface area contributed by atoms with Gasteiger partial charge in [-0.1, -0.05) is 18.2 Å².